The lowest BCUT2D eigenvalue weighted by atomic mass is 10.1. The molecule has 3 rings (SSSR count). The van der Waals surface area contributed by atoms with E-state index < -0.39 is 0 Å². The van der Waals surface area contributed by atoms with E-state index in [0.717, 1.165) is 11.1 Å². The Balaban J connectivity index is 1.55. The van der Waals surface area contributed by atoms with E-state index in [9.17, 15) is 9.59 Å². The van der Waals surface area contributed by atoms with Gasteiger partial charge in [0.25, 0.3) is 5.91 Å². The summed E-state index contributed by atoms with van der Waals surface area (Å²) in [5.74, 6) is -0.00673. The van der Waals surface area contributed by atoms with Crippen LogP contribution in [-0.2, 0) is 4.79 Å². The topological polar surface area (TPSA) is 97.1 Å². The second-order valence-electron chi connectivity index (χ2n) is 5.69. The summed E-state index contributed by atoms with van der Waals surface area (Å²) in [6, 6.07) is 14.4. The Kier molecular flexibility index (Phi) is 5.38. The zero-order valence-electron chi connectivity index (χ0n) is 14.2. The fourth-order valence-electron chi connectivity index (χ4n) is 2.38. The van der Waals surface area contributed by atoms with Crippen molar-refractivity contribution in [2.45, 2.75) is 13.3 Å². The summed E-state index contributed by atoms with van der Waals surface area (Å²) in [5.41, 5.74) is 2.87. The Labute approximate surface area is 150 Å². The second kappa shape index (κ2) is 8.06. The Morgan fingerprint density at radius 2 is 1.92 bits per heavy atom. The summed E-state index contributed by atoms with van der Waals surface area (Å²) in [5, 5.41) is 13.1. The number of benzene rings is 2. The van der Waals surface area contributed by atoms with E-state index in [1.165, 1.54) is 6.39 Å². The predicted octanol–water partition coefficient (Wildman–Crippen LogP) is 2.80. The number of hydrogen-bond acceptors (Lipinski definition) is 5. The molecular formula is C19H18N4O3. The van der Waals surface area contributed by atoms with Gasteiger partial charge in [-0.1, -0.05) is 24.3 Å². The van der Waals surface area contributed by atoms with Gasteiger partial charge in [0.15, 0.2) is 0 Å². The van der Waals surface area contributed by atoms with Gasteiger partial charge in [0, 0.05) is 29.8 Å². The minimum atomic E-state index is -0.201. The first kappa shape index (κ1) is 17.3. The molecule has 2 amide bonds. The van der Waals surface area contributed by atoms with Crippen molar-refractivity contribution in [3.63, 3.8) is 0 Å². The number of aromatic nitrogens is 2. The number of anilines is 1. The molecule has 2 aromatic carbocycles. The fourth-order valence-corrected chi connectivity index (χ4v) is 2.38. The molecule has 0 unspecified atom stereocenters. The number of rotatable bonds is 6. The van der Waals surface area contributed by atoms with Crippen molar-refractivity contribution in [2.24, 2.45) is 0 Å². The molecule has 0 radical (unpaired) electrons. The number of hydrogen-bond donors (Lipinski definition) is 2. The molecule has 26 heavy (non-hydrogen) atoms. The van der Waals surface area contributed by atoms with Gasteiger partial charge in [0.05, 0.1) is 0 Å². The Hall–Kier alpha value is -3.48. The molecular weight excluding hydrogens is 332 g/mol. The van der Waals surface area contributed by atoms with E-state index in [0.29, 0.717) is 17.1 Å². The second-order valence-corrected chi connectivity index (χ2v) is 5.69. The predicted molar refractivity (Wildman–Crippen MR) is 96.5 cm³/mol. The molecule has 0 saturated carbocycles. The molecule has 0 atom stereocenters. The van der Waals surface area contributed by atoms with Gasteiger partial charge in [-0.2, -0.15) is 0 Å². The zero-order valence-corrected chi connectivity index (χ0v) is 14.2. The summed E-state index contributed by atoms with van der Waals surface area (Å²) in [4.78, 5) is 24.1. The van der Waals surface area contributed by atoms with Crippen molar-refractivity contribution in [1.29, 1.82) is 0 Å². The lowest BCUT2D eigenvalue weighted by molar-refractivity contribution is -0.116. The van der Waals surface area contributed by atoms with E-state index in [2.05, 4.69) is 20.8 Å². The van der Waals surface area contributed by atoms with E-state index in [1.54, 1.807) is 30.3 Å². The van der Waals surface area contributed by atoms with Gasteiger partial charge in [-0.05, 0) is 36.8 Å². The first-order chi connectivity index (χ1) is 12.6. The van der Waals surface area contributed by atoms with E-state index in [1.807, 2.05) is 25.1 Å². The maximum absolute atomic E-state index is 12.2. The molecule has 0 spiro atoms. The number of aryl methyl sites for hydroxylation is 1. The van der Waals surface area contributed by atoms with Crippen LogP contribution >= 0.6 is 0 Å². The molecule has 7 heteroatoms. The van der Waals surface area contributed by atoms with Crippen LogP contribution in [0.15, 0.2) is 59.3 Å². The standard InChI is InChI=1S/C19H18N4O3/c1-13-7-8-15(19-23-21-12-26-19)11-16(13)22-17(24)9-10-20-18(25)14-5-3-2-4-6-14/h2-8,11-12H,9-10H2,1H3,(H,20,25)(H,22,24). The summed E-state index contributed by atoms with van der Waals surface area (Å²) in [6.45, 7) is 2.15. The first-order valence-electron chi connectivity index (χ1n) is 8.14. The summed E-state index contributed by atoms with van der Waals surface area (Å²) in [7, 11) is 0. The average molecular weight is 350 g/mol. The molecule has 3 aromatic rings. The fraction of sp³-hybridized carbons (Fsp3) is 0.158. The highest BCUT2D eigenvalue weighted by Gasteiger charge is 2.10. The summed E-state index contributed by atoms with van der Waals surface area (Å²) < 4.78 is 5.17. The molecule has 0 aliphatic heterocycles. The molecule has 2 N–H and O–H groups in total. The van der Waals surface area contributed by atoms with Crippen LogP contribution in [0.4, 0.5) is 5.69 Å². The SMILES string of the molecule is Cc1ccc(-c2nnco2)cc1NC(=O)CCNC(=O)c1ccccc1. The third kappa shape index (κ3) is 4.32. The van der Waals surface area contributed by atoms with Crippen LogP contribution in [0, 0.1) is 6.92 Å². The van der Waals surface area contributed by atoms with Crippen LogP contribution < -0.4 is 10.6 Å². The Morgan fingerprint density at radius 1 is 1.12 bits per heavy atom. The van der Waals surface area contributed by atoms with Crippen molar-refractivity contribution in [1.82, 2.24) is 15.5 Å². The van der Waals surface area contributed by atoms with Crippen LogP contribution in [-0.4, -0.2) is 28.6 Å². The van der Waals surface area contributed by atoms with Crippen LogP contribution in [0.5, 0.6) is 0 Å². The largest absolute Gasteiger partial charge is 0.423 e. The summed E-state index contributed by atoms with van der Waals surface area (Å²) in [6.07, 6.45) is 1.42. The molecule has 0 bridgehead atoms. The number of nitrogens with zero attached hydrogens (tertiary/aromatic N) is 2. The molecule has 0 aliphatic rings. The minimum Gasteiger partial charge on any atom is -0.423 e. The maximum Gasteiger partial charge on any atom is 0.251 e. The van der Waals surface area contributed by atoms with Crippen LogP contribution in [0.2, 0.25) is 0 Å². The summed E-state index contributed by atoms with van der Waals surface area (Å²) >= 11 is 0. The molecule has 0 aliphatic carbocycles. The van der Waals surface area contributed by atoms with Crippen LogP contribution in [0.25, 0.3) is 11.5 Å². The normalized spacial score (nSPS) is 10.3. The zero-order chi connectivity index (χ0) is 18.4. The lowest BCUT2D eigenvalue weighted by Crippen LogP contribution is -2.27. The Bertz CT molecular complexity index is 892. The minimum absolute atomic E-state index is 0.169. The average Bonchev–Trinajstić information content (AvgIpc) is 3.19. The third-order valence-corrected chi connectivity index (χ3v) is 3.79. The quantitative estimate of drug-likeness (QED) is 0.712. The lowest BCUT2D eigenvalue weighted by Gasteiger charge is -2.10. The molecule has 7 nitrogen and oxygen atoms in total. The van der Waals surface area contributed by atoms with Crippen molar-refractivity contribution < 1.29 is 14.0 Å². The van der Waals surface area contributed by atoms with Crippen LogP contribution in [0.3, 0.4) is 0 Å². The monoisotopic (exact) mass is 350 g/mol. The third-order valence-electron chi connectivity index (χ3n) is 3.79. The molecule has 0 saturated heterocycles. The number of amides is 2. The van der Waals surface area contributed by atoms with E-state index in [-0.39, 0.29) is 24.8 Å². The van der Waals surface area contributed by atoms with Crippen molar-refractivity contribution in [2.75, 3.05) is 11.9 Å². The van der Waals surface area contributed by atoms with E-state index in [4.69, 9.17) is 4.42 Å². The highest BCUT2D eigenvalue weighted by Crippen LogP contribution is 2.23. The smallest absolute Gasteiger partial charge is 0.251 e. The Morgan fingerprint density at radius 3 is 2.65 bits per heavy atom. The highest BCUT2D eigenvalue weighted by molar-refractivity contribution is 5.95. The van der Waals surface area contributed by atoms with Crippen molar-refractivity contribution in [3.8, 4) is 11.5 Å². The van der Waals surface area contributed by atoms with E-state index >= 15 is 0 Å². The molecule has 1 aromatic heterocycles. The first-order valence-corrected chi connectivity index (χ1v) is 8.14. The van der Waals surface area contributed by atoms with Gasteiger partial charge in [-0.15, -0.1) is 10.2 Å². The van der Waals surface area contributed by atoms with Gasteiger partial charge in [-0.3, -0.25) is 9.59 Å². The molecule has 0 fully saturated rings. The number of nitrogens with one attached hydrogen (secondary N) is 2. The van der Waals surface area contributed by atoms with Crippen molar-refractivity contribution >= 4 is 17.5 Å². The van der Waals surface area contributed by atoms with Gasteiger partial charge >= 0.3 is 0 Å². The van der Waals surface area contributed by atoms with Crippen molar-refractivity contribution in [3.05, 3.63) is 66.1 Å². The van der Waals surface area contributed by atoms with Gasteiger partial charge in [0.2, 0.25) is 18.2 Å². The highest BCUT2D eigenvalue weighted by atomic mass is 16.4. The van der Waals surface area contributed by atoms with Gasteiger partial charge in [-0.25, -0.2) is 0 Å². The number of carbonyl (C=O) groups excluding carboxylic acids is 2. The van der Waals surface area contributed by atoms with Crippen LogP contribution in [0.1, 0.15) is 22.3 Å². The molecule has 132 valence electrons. The maximum atomic E-state index is 12.2. The van der Waals surface area contributed by atoms with Gasteiger partial charge < -0.3 is 15.1 Å². The number of carbonyl (C=O) groups is 2. The van der Waals surface area contributed by atoms with Gasteiger partial charge in [0.1, 0.15) is 0 Å². The molecule has 1 heterocycles.